The molecular formula is C14H21NO3. The van der Waals surface area contributed by atoms with Crippen LogP contribution in [-0.2, 0) is 11.2 Å². The van der Waals surface area contributed by atoms with Crippen molar-refractivity contribution in [2.24, 2.45) is 0 Å². The normalized spacial score (nSPS) is 18.9. The Balaban J connectivity index is 2.05. The number of fused-ring (bicyclic) bond motifs is 1. The maximum Gasteiger partial charge on any atom is 0.0954 e. The summed E-state index contributed by atoms with van der Waals surface area (Å²) < 4.78 is 5.82. The molecule has 0 saturated carbocycles. The third-order valence-electron chi connectivity index (χ3n) is 3.35. The molecule has 18 heavy (non-hydrogen) atoms. The first-order chi connectivity index (χ1) is 8.85. The smallest absolute Gasteiger partial charge is 0.0954 e. The molecule has 100 valence electrons. The third kappa shape index (κ3) is 3.29. The molecule has 4 nitrogen and oxygen atoms in total. The molecule has 2 N–H and O–H groups in total. The molecule has 1 aliphatic rings. The van der Waals surface area contributed by atoms with Crippen LogP contribution in [-0.4, -0.2) is 54.6 Å². The second-order valence-corrected chi connectivity index (χ2v) is 4.56. The minimum absolute atomic E-state index is 0.0491. The van der Waals surface area contributed by atoms with Crippen LogP contribution in [0.2, 0.25) is 0 Å². The van der Waals surface area contributed by atoms with Crippen molar-refractivity contribution in [3.05, 3.63) is 35.4 Å². The zero-order valence-electron chi connectivity index (χ0n) is 10.6. The number of nitrogens with zero attached hydrogens (tertiary/aromatic N) is 1. The summed E-state index contributed by atoms with van der Waals surface area (Å²) in [6.45, 7) is 2.82. The van der Waals surface area contributed by atoms with Crippen molar-refractivity contribution in [1.29, 1.82) is 0 Å². The van der Waals surface area contributed by atoms with E-state index in [-0.39, 0.29) is 19.3 Å². The Bertz CT molecular complexity index is 364. The van der Waals surface area contributed by atoms with Crippen LogP contribution in [0, 0.1) is 0 Å². The standard InChI is InChI=1S/C14H21NO3/c16-8-6-15(7-9-17)11-14-13-4-2-1-3-12(13)5-10-18-14/h1-4,14,16-17H,5-11H2. The van der Waals surface area contributed by atoms with Crippen molar-refractivity contribution in [1.82, 2.24) is 4.90 Å². The van der Waals surface area contributed by atoms with E-state index < -0.39 is 0 Å². The highest BCUT2D eigenvalue weighted by molar-refractivity contribution is 5.31. The van der Waals surface area contributed by atoms with Gasteiger partial charge in [0.1, 0.15) is 0 Å². The first-order valence-corrected chi connectivity index (χ1v) is 6.48. The van der Waals surface area contributed by atoms with E-state index in [1.165, 1.54) is 11.1 Å². The Morgan fingerprint density at radius 2 is 1.89 bits per heavy atom. The number of ether oxygens (including phenoxy) is 1. The lowest BCUT2D eigenvalue weighted by Crippen LogP contribution is -2.36. The number of benzene rings is 1. The molecule has 1 aliphatic heterocycles. The number of aliphatic hydroxyl groups is 2. The highest BCUT2D eigenvalue weighted by atomic mass is 16.5. The van der Waals surface area contributed by atoms with Gasteiger partial charge < -0.3 is 14.9 Å². The van der Waals surface area contributed by atoms with Crippen molar-refractivity contribution in [2.75, 3.05) is 39.5 Å². The predicted molar refractivity (Wildman–Crippen MR) is 69.5 cm³/mol. The van der Waals surface area contributed by atoms with Gasteiger partial charge in [-0.15, -0.1) is 0 Å². The van der Waals surface area contributed by atoms with E-state index in [4.69, 9.17) is 14.9 Å². The zero-order valence-corrected chi connectivity index (χ0v) is 10.6. The fraction of sp³-hybridized carbons (Fsp3) is 0.571. The average molecular weight is 251 g/mol. The second kappa shape index (κ2) is 6.85. The molecule has 1 heterocycles. The molecule has 0 aromatic heterocycles. The molecule has 0 aliphatic carbocycles. The Kier molecular flexibility index (Phi) is 5.13. The fourth-order valence-corrected chi connectivity index (χ4v) is 2.44. The minimum Gasteiger partial charge on any atom is -0.395 e. The van der Waals surface area contributed by atoms with Crippen molar-refractivity contribution < 1.29 is 14.9 Å². The van der Waals surface area contributed by atoms with Crippen LogP contribution in [0.5, 0.6) is 0 Å². The lowest BCUT2D eigenvalue weighted by Gasteiger charge is -2.31. The Labute approximate surface area is 108 Å². The summed E-state index contributed by atoms with van der Waals surface area (Å²) in [5, 5.41) is 18.0. The number of hydrogen-bond donors (Lipinski definition) is 2. The molecule has 0 bridgehead atoms. The number of hydrogen-bond acceptors (Lipinski definition) is 4. The van der Waals surface area contributed by atoms with Crippen molar-refractivity contribution in [2.45, 2.75) is 12.5 Å². The van der Waals surface area contributed by atoms with Gasteiger partial charge in [0.15, 0.2) is 0 Å². The van der Waals surface area contributed by atoms with E-state index in [2.05, 4.69) is 18.2 Å². The Morgan fingerprint density at radius 1 is 1.17 bits per heavy atom. The van der Waals surface area contributed by atoms with Crippen LogP contribution < -0.4 is 0 Å². The highest BCUT2D eigenvalue weighted by Gasteiger charge is 2.22. The summed E-state index contributed by atoms with van der Waals surface area (Å²) in [6.07, 6.45) is 1.01. The number of rotatable bonds is 6. The topological polar surface area (TPSA) is 52.9 Å². The summed E-state index contributed by atoms with van der Waals surface area (Å²) in [6, 6.07) is 8.34. The summed E-state index contributed by atoms with van der Waals surface area (Å²) in [4.78, 5) is 2.03. The maximum absolute atomic E-state index is 9.02. The maximum atomic E-state index is 9.02. The van der Waals surface area contributed by atoms with Crippen LogP contribution in [0.25, 0.3) is 0 Å². The molecule has 0 spiro atoms. The molecule has 0 saturated heterocycles. The van der Waals surface area contributed by atoms with E-state index in [0.717, 1.165) is 19.6 Å². The van der Waals surface area contributed by atoms with Gasteiger partial charge in [-0.3, -0.25) is 4.90 Å². The van der Waals surface area contributed by atoms with Gasteiger partial charge in [-0.05, 0) is 17.5 Å². The van der Waals surface area contributed by atoms with E-state index in [0.29, 0.717) is 13.1 Å². The van der Waals surface area contributed by atoms with Crippen molar-refractivity contribution in [3.63, 3.8) is 0 Å². The van der Waals surface area contributed by atoms with Gasteiger partial charge >= 0.3 is 0 Å². The fourth-order valence-electron chi connectivity index (χ4n) is 2.44. The van der Waals surface area contributed by atoms with Crippen LogP contribution in [0.1, 0.15) is 17.2 Å². The van der Waals surface area contributed by atoms with Gasteiger partial charge in [0.25, 0.3) is 0 Å². The first-order valence-electron chi connectivity index (χ1n) is 6.48. The SMILES string of the molecule is OCCN(CCO)CC1OCCc2ccccc21. The third-order valence-corrected chi connectivity index (χ3v) is 3.35. The molecule has 4 heteroatoms. The summed E-state index contributed by atoms with van der Waals surface area (Å²) in [7, 11) is 0. The van der Waals surface area contributed by atoms with Crippen molar-refractivity contribution in [3.8, 4) is 0 Å². The molecular weight excluding hydrogens is 230 g/mol. The summed E-state index contributed by atoms with van der Waals surface area (Å²) >= 11 is 0. The quantitative estimate of drug-likeness (QED) is 0.777. The van der Waals surface area contributed by atoms with Gasteiger partial charge in [-0.25, -0.2) is 0 Å². The Hall–Kier alpha value is -0.940. The molecule has 1 unspecified atom stereocenters. The molecule has 0 radical (unpaired) electrons. The zero-order chi connectivity index (χ0) is 12.8. The monoisotopic (exact) mass is 251 g/mol. The van der Waals surface area contributed by atoms with E-state index in [1.807, 2.05) is 11.0 Å². The van der Waals surface area contributed by atoms with Crippen molar-refractivity contribution >= 4 is 0 Å². The lowest BCUT2D eigenvalue weighted by atomic mass is 9.97. The number of aliphatic hydroxyl groups excluding tert-OH is 2. The van der Waals surface area contributed by atoms with Gasteiger partial charge in [-0.1, -0.05) is 24.3 Å². The highest BCUT2D eigenvalue weighted by Crippen LogP contribution is 2.27. The van der Waals surface area contributed by atoms with E-state index >= 15 is 0 Å². The molecule has 2 rings (SSSR count). The second-order valence-electron chi connectivity index (χ2n) is 4.56. The molecule has 1 aromatic rings. The minimum atomic E-state index is 0.0491. The molecule has 0 amide bonds. The van der Waals surface area contributed by atoms with Crippen LogP contribution in [0.3, 0.4) is 0 Å². The summed E-state index contributed by atoms with van der Waals surface area (Å²) in [5.41, 5.74) is 2.59. The van der Waals surface area contributed by atoms with E-state index in [9.17, 15) is 0 Å². The van der Waals surface area contributed by atoms with Gasteiger partial charge in [0, 0.05) is 19.6 Å². The average Bonchev–Trinajstić information content (AvgIpc) is 2.40. The van der Waals surface area contributed by atoms with Crippen LogP contribution in [0.4, 0.5) is 0 Å². The van der Waals surface area contributed by atoms with Gasteiger partial charge in [-0.2, -0.15) is 0 Å². The van der Waals surface area contributed by atoms with Gasteiger partial charge in [0.05, 0.1) is 25.9 Å². The van der Waals surface area contributed by atoms with Gasteiger partial charge in [0.2, 0.25) is 0 Å². The Morgan fingerprint density at radius 3 is 2.61 bits per heavy atom. The van der Waals surface area contributed by atoms with Crippen LogP contribution in [0.15, 0.2) is 24.3 Å². The van der Waals surface area contributed by atoms with E-state index in [1.54, 1.807) is 0 Å². The first kappa shape index (κ1) is 13.5. The molecule has 0 fully saturated rings. The summed E-state index contributed by atoms with van der Waals surface area (Å²) in [5.74, 6) is 0. The molecule has 1 aromatic carbocycles. The predicted octanol–water partition coefficient (Wildman–Crippen LogP) is 0.587. The lowest BCUT2D eigenvalue weighted by molar-refractivity contribution is 0.00956. The largest absolute Gasteiger partial charge is 0.395 e. The van der Waals surface area contributed by atoms with Crippen LogP contribution >= 0.6 is 0 Å². The molecule has 1 atom stereocenters.